The molecule has 0 rings (SSSR count). The van der Waals surface area contributed by atoms with Crippen molar-refractivity contribution >= 4 is 35.8 Å². The quantitative estimate of drug-likeness (QED) is 0.360. The van der Waals surface area contributed by atoms with Crippen molar-refractivity contribution in [1.29, 1.82) is 0 Å². The molecule has 5 nitrogen and oxygen atoms in total. The molecule has 1 N–H and O–H groups in total. The molecule has 0 unspecified atom stereocenters. The van der Waals surface area contributed by atoms with E-state index in [9.17, 15) is 4.79 Å². The normalized spacial score (nSPS) is 10.8. The molecule has 0 atom stereocenters. The highest BCUT2D eigenvalue weighted by atomic mass is 127. The molecular weight excluding hydrogens is 379 g/mol. The molecule has 0 aromatic carbocycles. The zero-order valence-corrected chi connectivity index (χ0v) is 16.6. The Labute approximate surface area is 147 Å². The van der Waals surface area contributed by atoms with Gasteiger partial charge in [0.15, 0.2) is 5.96 Å². The molecule has 0 aliphatic rings. The maximum absolute atomic E-state index is 11.9. The van der Waals surface area contributed by atoms with Crippen LogP contribution in [0.1, 0.15) is 47.0 Å². The lowest BCUT2D eigenvalue weighted by molar-refractivity contribution is -0.130. The van der Waals surface area contributed by atoms with Gasteiger partial charge < -0.3 is 15.1 Å². The summed E-state index contributed by atoms with van der Waals surface area (Å²) in [5, 5.41) is 3.27. The van der Waals surface area contributed by atoms with E-state index in [-0.39, 0.29) is 29.9 Å². The summed E-state index contributed by atoms with van der Waals surface area (Å²) in [6, 6.07) is 0. The van der Waals surface area contributed by atoms with Crippen LogP contribution in [0.4, 0.5) is 0 Å². The second kappa shape index (κ2) is 14.4. The van der Waals surface area contributed by atoms with Crippen LogP contribution in [0.15, 0.2) is 4.99 Å². The monoisotopic (exact) mass is 412 g/mol. The third-order valence-electron chi connectivity index (χ3n) is 3.25. The van der Waals surface area contributed by atoms with Gasteiger partial charge in [-0.2, -0.15) is 0 Å². The van der Waals surface area contributed by atoms with Crippen LogP contribution in [-0.4, -0.2) is 61.4 Å². The first kappa shape index (κ1) is 22.7. The second-order valence-electron chi connectivity index (χ2n) is 4.83. The van der Waals surface area contributed by atoms with E-state index in [4.69, 9.17) is 0 Å². The molecule has 0 spiro atoms. The van der Waals surface area contributed by atoms with Gasteiger partial charge in [-0.05, 0) is 27.2 Å². The van der Waals surface area contributed by atoms with Gasteiger partial charge in [0.2, 0.25) is 5.91 Å². The van der Waals surface area contributed by atoms with Crippen molar-refractivity contribution in [3.05, 3.63) is 0 Å². The molecule has 0 saturated carbocycles. The third kappa shape index (κ3) is 9.92. The third-order valence-corrected chi connectivity index (χ3v) is 3.25. The minimum absolute atomic E-state index is 0. The van der Waals surface area contributed by atoms with Gasteiger partial charge in [-0.15, -0.1) is 24.0 Å². The number of guanidine groups is 1. The predicted molar refractivity (Wildman–Crippen MR) is 101 cm³/mol. The molecule has 0 radical (unpaired) electrons. The van der Waals surface area contributed by atoms with Gasteiger partial charge in [0.1, 0.15) is 0 Å². The molecule has 0 aliphatic carbocycles. The van der Waals surface area contributed by atoms with Gasteiger partial charge in [-0.1, -0.05) is 13.3 Å². The molecule has 21 heavy (non-hydrogen) atoms. The standard InChI is InChI=1S/C15H32N4O.HI/c1-6-10-13-18(5)15(16-7-2)17-12-11-14(20)19(8-3)9-4;/h6-13H2,1-5H3,(H,16,17);1H. The van der Waals surface area contributed by atoms with Crippen LogP contribution in [0, 0.1) is 0 Å². The lowest BCUT2D eigenvalue weighted by Gasteiger charge is -2.22. The van der Waals surface area contributed by atoms with Crippen LogP contribution in [0.5, 0.6) is 0 Å². The number of amides is 1. The number of nitrogens with zero attached hydrogens (tertiary/aromatic N) is 3. The average Bonchev–Trinajstić information content (AvgIpc) is 2.45. The predicted octanol–water partition coefficient (Wildman–Crippen LogP) is 2.56. The van der Waals surface area contributed by atoms with E-state index >= 15 is 0 Å². The summed E-state index contributed by atoms with van der Waals surface area (Å²) in [4.78, 5) is 20.4. The number of hydrogen-bond donors (Lipinski definition) is 1. The van der Waals surface area contributed by atoms with Crippen LogP contribution in [0.25, 0.3) is 0 Å². The van der Waals surface area contributed by atoms with Crippen molar-refractivity contribution in [2.75, 3.05) is 39.8 Å². The zero-order chi connectivity index (χ0) is 15.4. The number of hydrogen-bond acceptors (Lipinski definition) is 2. The van der Waals surface area contributed by atoms with Crippen molar-refractivity contribution < 1.29 is 4.79 Å². The van der Waals surface area contributed by atoms with E-state index < -0.39 is 0 Å². The first-order chi connectivity index (χ1) is 9.60. The first-order valence-electron chi connectivity index (χ1n) is 7.87. The summed E-state index contributed by atoms with van der Waals surface area (Å²) in [5.41, 5.74) is 0. The Morgan fingerprint density at radius 2 is 1.76 bits per heavy atom. The molecule has 0 bridgehead atoms. The van der Waals surface area contributed by atoms with Crippen molar-refractivity contribution in [2.24, 2.45) is 4.99 Å². The summed E-state index contributed by atoms with van der Waals surface area (Å²) in [6.07, 6.45) is 2.81. The highest BCUT2D eigenvalue weighted by Crippen LogP contribution is 1.97. The minimum atomic E-state index is 0. The summed E-state index contributed by atoms with van der Waals surface area (Å²) >= 11 is 0. The Bertz CT molecular complexity index is 293. The van der Waals surface area contributed by atoms with Crippen molar-refractivity contribution in [2.45, 2.75) is 47.0 Å². The van der Waals surface area contributed by atoms with E-state index in [1.165, 1.54) is 6.42 Å². The largest absolute Gasteiger partial charge is 0.357 e. The number of halogens is 1. The van der Waals surface area contributed by atoms with Gasteiger partial charge in [-0.25, -0.2) is 0 Å². The van der Waals surface area contributed by atoms with Crippen LogP contribution < -0.4 is 5.32 Å². The smallest absolute Gasteiger partial charge is 0.224 e. The van der Waals surface area contributed by atoms with E-state index in [1.54, 1.807) is 0 Å². The van der Waals surface area contributed by atoms with Crippen molar-refractivity contribution in [3.63, 3.8) is 0 Å². The Morgan fingerprint density at radius 3 is 2.24 bits per heavy atom. The fourth-order valence-corrected chi connectivity index (χ4v) is 1.96. The molecule has 0 fully saturated rings. The minimum Gasteiger partial charge on any atom is -0.357 e. The molecule has 6 heteroatoms. The SMILES string of the molecule is CCCCN(C)C(=NCCC(=O)N(CC)CC)NCC.I. The summed E-state index contributed by atoms with van der Waals surface area (Å²) < 4.78 is 0. The molecule has 126 valence electrons. The van der Waals surface area contributed by atoms with Gasteiger partial charge in [-0.3, -0.25) is 9.79 Å². The highest BCUT2D eigenvalue weighted by molar-refractivity contribution is 14.0. The van der Waals surface area contributed by atoms with E-state index in [2.05, 4.69) is 29.1 Å². The van der Waals surface area contributed by atoms with Gasteiger partial charge >= 0.3 is 0 Å². The fourth-order valence-electron chi connectivity index (χ4n) is 1.96. The lowest BCUT2D eigenvalue weighted by atomic mass is 10.3. The Kier molecular flexibility index (Phi) is 15.6. The number of carbonyl (C=O) groups excluding carboxylic acids is 1. The maximum atomic E-state index is 11.9. The Balaban J connectivity index is 0. The van der Waals surface area contributed by atoms with E-state index in [0.29, 0.717) is 13.0 Å². The molecule has 1 amide bonds. The molecule has 0 saturated heterocycles. The summed E-state index contributed by atoms with van der Waals surface area (Å²) in [5.74, 6) is 1.08. The van der Waals surface area contributed by atoms with E-state index in [1.807, 2.05) is 25.8 Å². The van der Waals surface area contributed by atoms with Crippen LogP contribution in [0.2, 0.25) is 0 Å². The number of aliphatic imine (C=N–C) groups is 1. The highest BCUT2D eigenvalue weighted by Gasteiger charge is 2.09. The molecule has 0 aromatic rings. The molecule has 0 aliphatic heterocycles. The van der Waals surface area contributed by atoms with Gasteiger partial charge in [0.25, 0.3) is 0 Å². The first-order valence-corrected chi connectivity index (χ1v) is 7.87. The number of unbranched alkanes of at least 4 members (excludes halogenated alkanes) is 1. The molecule has 0 heterocycles. The number of carbonyl (C=O) groups is 1. The zero-order valence-electron chi connectivity index (χ0n) is 14.3. The maximum Gasteiger partial charge on any atom is 0.224 e. The summed E-state index contributed by atoms with van der Waals surface area (Å²) in [6.45, 7) is 12.2. The second-order valence-corrected chi connectivity index (χ2v) is 4.83. The number of rotatable bonds is 9. The lowest BCUT2D eigenvalue weighted by Crippen LogP contribution is -2.39. The van der Waals surface area contributed by atoms with Crippen molar-refractivity contribution in [1.82, 2.24) is 15.1 Å². The van der Waals surface area contributed by atoms with Crippen LogP contribution in [0.3, 0.4) is 0 Å². The van der Waals surface area contributed by atoms with Gasteiger partial charge in [0.05, 0.1) is 6.54 Å². The molecular formula is C15H33IN4O. The molecule has 0 aromatic heterocycles. The average molecular weight is 412 g/mol. The fraction of sp³-hybridized carbons (Fsp3) is 0.867. The topological polar surface area (TPSA) is 47.9 Å². The Morgan fingerprint density at radius 1 is 1.14 bits per heavy atom. The van der Waals surface area contributed by atoms with E-state index in [0.717, 1.165) is 38.6 Å². The van der Waals surface area contributed by atoms with Crippen LogP contribution >= 0.6 is 24.0 Å². The van der Waals surface area contributed by atoms with Crippen molar-refractivity contribution in [3.8, 4) is 0 Å². The Hall–Kier alpha value is -0.530. The van der Waals surface area contributed by atoms with Gasteiger partial charge in [0, 0.05) is 39.6 Å². The number of nitrogens with one attached hydrogen (secondary N) is 1. The van der Waals surface area contributed by atoms with Crippen LogP contribution in [-0.2, 0) is 4.79 Å². The summed E-state index contributed by atoms with van der Waals surface area (Å²) in [7, 11) is 2.05.